The number of hydrogen-bond donors (Lipinski definition) is 1. The van der Waals surface area contributed by atoms with E-state index in [1.54, 1.807) is 5.56 Å². The quantitative estimate of drug-likeness (QED) is 0.910. The van der Waals surface area contributed by atoms with Crippen molar-refractivity contribution < 1.29 is 4.74 Å². The Balaban J connectivity index is 2.15. The van der Waals surface area contributed by atoms with E-state index in [1.165, 1.54) is 74.5 Å². The van der Waals surface area contributed by atoms with Gasteiger partial charge in [0.05, 0.1) is 7.11 Å². The van der Waals surface area contributed by atoms with Gasteiger partial charge in [0, 0.05) is 17.5 Å². The molecule has 1 fully saturated rings. The number of fused-ring (bicyclic) bond motifs is 1. The van der Waals surface area contributed by atoms with E-state index >= 15 is 0 Å². The van der Waals surface area contributed by atoms with E-state index in [0.717, 1.165) is 12.3 Å². The lowest BCUT2D eigenvalue weighted by molar-refractivity contribution is 0.286. The monoisotopic (exact) mass is 287 g/mol. The van der Waals surface area contributed by atoms with Crippen molar-refractivity contribution in [3.63, 3.8) is 0 Å². The Bertz CT molecular complexity index is 515. The molecule has 2 heteroatoms. The maximum Gasteiger partial charge on any atom is 0.123 e. The molecule has 1 saturated carbocycles. The van der Waals surface area contributed by atoms with Crippen LogP contribution in [-0.4, -0.2) is 13.7 Å². The molecule has 0 spiro atoms. The Labute approximate surface area is 129 Å². The Morgan fingerprint density at radius 3 is 2.48 bits per heavy atom. The highest BCUT2D eigenvalue weighted by Gasteiger charge is 2.37. The van der Waals surface area contributed by atoms with Gasteiger partial charge in [-0.25, -0.2) is 0 Å². The van der Waals surface area contributed by atoms with Crippen LogP contribution in [0.15, 0.2) is 6.07 Å². The second kappa shape index (κ2) is 6.00. The van der Waals surface area contributed by atoms with Crippen molar-refractivity contribution in [2.45, 2.75) is 70.1 Å². The Kier molecular flexibility index (Phi) is 4.26. The molecular formula is C19H29NO. The van der Waals surface area contributed by atoms with Crippen LogP contribution in [0.5, 0.6) is 5.75 Å². The van der Waals surface area contributed by atoms with Crippen molar-refractivity contribution in [3.05, 3.63) is 28.3 Å². The predicted molar refractivity (Wildman–Crippen MR) is 88.2 cm³/mol. The second-order valence-electron chi connectivity index (χ2n) is 6.97. The number of aryl methyl sites for hydroxylation is 1. The van der Waals surface area contributed by atoms with Gasteiger partial charge >= 0.3 is 0 Å². The van der Waals surface area contributed by atoms with E-state index in [4.69, 9.17) is 10.5 Å². The van der Waals surface area contributed by atoms with Crippen LogP contribution in [0.1, 0.15) is 67.2 Å². The van der Waals surface area contributed by atoms with Gasteiger partial charge in [-0.15, -0.1) is 0 Å². The summed E-state index contributed by atoms with van der Waals surface area (Å²) in [7, 11) is 1.82. The SMILES string of the molecule is COc1cc2c(c(C)c1C1(CN)CCCCC1)CCCC2. The highest BCUT2D eigenvalue weighted by atomic mass is 16.5. The molecule has 116 valence electrons. The zero-order chi connectivity index (χ0) is 14.9. The average molecular weight is 287 g/mol. The van der Waals surface area contributed by atoms with Crippen LogP contribution < -0.4 is 10.5 Å². The molecule has 3 rings (SSSR count). The summed E-state index contributed by atoms with van der Waals surface area (Å²) < 4.78 is 5.82. The van der Waals surface area contributed by atoms with Crippen molar-refractivity contribution in [3.8, 4) is 5.75 Å². The summed E-state index contributed by atoms with van der Waals surface area (Å²) in [6.07, 6.45) is 11.5. The topological polar surface area (TPSA) is 35.2 Å². The lowest BCUT2D eigenvalue weighted by Gasteiger charge is -2.40. The molecule has 0 aromatic heterocycles. The number of benzene rings is 1. The van der Waals surface area contributed by atoms with E-state index in [-0.39, 0.29) is 5.41 Å². The molecule has 0 heterocycles. The summed E-state index contributed by atoms with van der Waals surface area (Å²) in [5.74, 6) is 1.10. The molecule has 2 aliphatic carbocycles. The lowest BCUT2D eigenvalue weighted by Crippen LogP contribution is -2.38. The molecule has 2 aliphatic rings. The molecule has 0 amide bonds. The maximum absolute atomic E-state index is 6.28. The Hall–Kier alpha value is -1.02. The fourth-order valence-electron chi connectivity index (χ4n) is 4.69. The smallest absolute Gasteiger partial charge is 0.123 e. The summed E-state index contributed by atoms with van der Waals surface area (Å²) in [4.78, 5) is 0. The summed E-state index contributed by atoms with van der Waals surface area (Å²) in [5, 5.41) is 0. The Morgan fingerprint density at radius 2 is 1.81 bits per heavy atom. The van der Waals surface area contributed by atoms with Crippen LogP contribution >= 0.6 is 0 Å². The van der Waals surface area contributed by atoms with Gasteiger partial charge in [-0.1, -0.05) is 19.3 Å². The standard InChI is InChI=1S/C19H29NO/c1-14-16-9-5-4-8-15(16)12-17(21-2)18(14)19(13-20)10-6-3-7-11-19/h12H,3-11,13,20H2,1-2H3. The van der Waals surface area contributed by atoms with Crippen molar-refractivity contribution in [2.24, 2.45) is 5.73 Å². The molecule has 2 nitrogen and oxygen atoms in total. The molecule has 0 unspecified atom stereocenters. The lowest BCUT2D eigenvalue weighted by atomic mass is 9.66. The molecule has 21 heavy (non-hydrogen) atoms. The molecule has 1 aromatic carbocycles. The molecule has 0 radical (unpaired) electrons. The summed E-state index contributed by atoms with van der Waals surface area (Å²) in [6.45, 7) is 3.07. The van der Waals surface area contributed by atoms with Crippen LogP contribution in [0, 0.1) is 6.92 Å². The van der Waals surface area contributed by atoms with E-state index in [9.17, 15) is 0 Å². The highest BCUT2D eigenvalue weighted by molar-refractivity contribution is 5.54. The van der Waals surface area contributed by atoms with Gasteiger partial charge in [0.1, 0.15) is 5.75 Å². The van der Waals surface area contributed by atoms with Gasteiger partial charge in [0.2, 0.25) is 0 Å². The van der Waals surface area contributed by atoms with E-state index in [2.05, 4.69) is 13.0 Å². The van der Waals surface area contributed by atoms with Crippen molar-refractivity contribution in [1.82, 2.24) is 0 Å². The second-order valence-corrected chi connectivity index (χ2v) is 6.97. The van der Waals surface area contributed by atoms with Crippen LogP contribution in [0.2, 0.25) is 0 Å². The minimum absolute atomic E-state index is 0.153. The molecule has 0 bridgehead atoms. The largest absolute Gasteiger partial charge is 0.496 e. The Morgan fingerprint density at radius 1 is 1.10 bits per heavy atom. The molecule has 0 atom stereocenters. The van der Waals surface area contributed by atoms with Gasteiger partial charge in [-0.2, -0.15) is 0 Å². The molecule has 0 saturated heterocycles. The summed E-state index contributed by atoms with van der Waals surface area (Å²) in [5.41, 5.74) is 12.5. The normalized spacial score (nSPS) is 20.9. The van der Waals surface area contributed by atoms with Gasteiger partial charge in [0.15, 0.2) is 0 Å². The molecular weight excluding hydrogens is 258 g/mol. The molecule has 2 N–H and O–H groups in total. The van der Waals surface area contributed by atoms with Gasteiger partial charge < -0.3 is 10.5 Å². The van der Waals surface area contributed by atoms with E-state index in [0.29, 0.717) is 0 Å². The van der Waals surface area contributed by atoms with E-state index < -0.39 is 0 Å². The maximum atomic E-state index is 6.28. The summed E-state index contributed by atoms with van der Waals surface area (Å²) >= 11 is 0. The predicted octanol–water partition coefficient (Wildman–Crippen LogP) is 4.04. The third-order valence-corrected chi connectivity index (χ3v) is 5.84. The average Bonchev–Trinajstić information content (AvgIpc) is 2.55. The van der Waals surface area contributed by atoms with Crippen LogP contribution in [0.25, 0.3) is 0 Å². The van der Waals surface area contributed by atoms with Gasteiger partial charge in [-0.3, -0.25) is 0 Å². The fourth-order valence-corrected chi connectivity index (χ4v) is 4.69. The third kappa shape index (κ3) is 2.48. The number of hydrogen-bond acceptors (Lipinski definition) is 2. The zero-order valence-electron chi connectivity index (χ0n) is 13.6. The summed E-state index contributed by atoms with van der Waals surface area (Å²) in [6, 6.07) is 2.32. The number of methoxy groups -OCH3 is 1. The van der Waals surface area contributed by atoms with Crippen LogP contribution in [0.3, 0.4) is 0 Å². The first-order valence-electron chi connectivity index (χ1n) is 8.62. The third-order valence-electron chi connectivity index (χ3n) is 5.84. The highest BCUT2D eigenvalue weighted by Crippen LogP contribution is 2.46. The van der Waals surface area contributed by atoms with Crippen molar-refractivity contribution in [2.75, 3.05) is 13.7 Å². The number of nitrogens with two attached hydrogens (primary N) is 1. The number of rotatable bonds is 3. The van der Waals surface area contributed by atoms with Gasteiger partial charge in [0.25, 0.3) is 0 Å². The molecule has 1 aromatic rings. The minimum Gasteiger partial charge on any atom is -0.496 e. The first-order chi connectivity index (χ1) is 10.2. The van der Waals surface area contributed by atoms with E-state index in [1.807, 2.05) is 7.11 Å². The zero-order valence-corrected chi connectivity index (χ0v) is 13.6. The van der Waals surface area contributed by atoms with Crippen LogP contribution in [0.4, 0.5) is 0 Å². The number of ether oxygens (including phenoxy) is 1. The van der Waals surface area contributed by atoms with Crippen molar-refractivity contribution >= 4 is 0 Å². The first-order valence-corrected chi connectivity index (χ1v) is 8.62. The fraction of sp³-hybridized carbons (Fsp3) is 0.684. The van der Waals surface area contributed by atoms with Crippen LogP contribution in [-0.2, 0) is 18.3 Å². The van der Waals surface area contributed by atoms with Crippen molar-refractivity contribution in [1.29, 1.82) is 0 Å². The minimum atomic E-state index is 0.153. The molecule has 0 aliphatic heterocycles. The van der Waals surface area contributed by atoms with Gasteiger partial charge in [-0.05, 0) is 68.2 Å². The first kappa shape index (κ1) is 14.9.